The van der Waals surface area contributed by atoms with Gasteiger partial charge in [-0.25, -0.2) is 0 Å². The Labute approximate surface area is 66.1 Å². The van der Waals surface area contributed by atoms with Crippen molar-refractivity contribution in [3.63, 3.8) is 0 Å². The van der Waals surface area contributed by atoms with E-state index in [4.69, 9.17) is 0 Å². The van der Waals surface area contributed by atoms with E-state index in [9.17, 15) is 9.90 Å². The smallest absolute Gasteiger partial charge is 0.249 e. The number of carbonyl (C=O) groups excluding carboxylic acids is 1. The molecule has 2 N–H and O–H groups in total. The quantitative estimate of drug-likeness (QED) is 0.581. The van der Waals surface area contributed by atoms with E-state index in [-0.39, 0.29) is 5.91 Å². The summed E-state index contributed by atoms with van der Waals surface area (Å²) in [5.74, 6) is -0.144. The second-order valence-electron chi connectivity index (χ2n) is 2.98. The lowest BCUT2D eigenvalue weighted by molar-refractivity contribution is -0.120. The van der Waals surface area contributed by atoms with Crippen LogP contribution in [0.15, 0.2) is 11.1 Å². The molecule has 0 saturated carbocycles. The topological polar surface area (TPSA) is 49.3 Å². The highest BCUT2D eigenvalue weighted by molar-refractivity contribution is 5.97. The summed E-state index contributed by atoms with van der Waals surface area (Å²) < 4.78 is 0. The molecular formula is C8H13NO2. The first-order chi connectivity index (χ1) is 4.99. The molecule has 1 atom stereocenters. The van der Waals surface area contributed by atoms with Crippen molar-refractivity contribution in [2.24, 2.45) is 0 Å². The Kier molecular flexibility index (Phi) is 1.76. The number of hydrogen-bond donors (Lipinski definition) is 2. The predicted molar refractivity (Wildman–Crippen MR) is 41.8 cm³/mol. The van der Waals surface area contributed by atoms with Crippen LogP contribution >= 0.6 is 0 Å². The third kappa shape index (κ3) is 1.16. The zero-order chi connectivity index (χ0) is 8.65. The molecule has 1 heterocycles. The van der Waals surface area contributed by atoms with E-state index in [2.05, 4.69) is 5.32 Å². The van der Waals surface area contributed by atoms with Crippen molar-refractivity contribution in [1.82, 2.24) is 5.32 Å². The predicted octanol–water partition coefficient (Wildman–Crippen LogP) is 0.551. The average molecular weight is 155 g/mol. The van der Waals surface area contributed by atoms with Gasteiger partial charge in [0.2, 0.25) is 5.91 Å². The molecule has 1 amide bonds. The number of nitrogens with one attached hydrogen (secondary N) is 1. The maximum absolute atomic E-state index is 11.1. The summed E-state index contributed by atoms with van der Waals surface area (Å²) in [4.78, 5) is 11.1. The molecule has 1 aliphatic heterocycles. The van der Waals surface area contributed by atoms with Crippen LogP contribution in [-0.4, -0.2) is 16.7 Å². The van der Waals surface area contributed by atoms with E-state index in [1.165, 1.54) is 0 Å². The van der Waals surface area contributed by atoms with Gasteiger partial charge in [0.15, 0.2) is 5.72 Å². The third-order valence-electron chi connectivity index (χ3n) is 2.17. The fourth-order valence-electron chi connectivity index (χ4n) is 1.28. The molecule has 0 spiro atoms. The van der Waals surface area contributed by atoms with Crippen molar-refractivity contribution in [1.29, 1.82) is 0 Å². The fourth-order valence-corrected chi connectivity index (χ4v) is 1.28. The SMILES string of the molecule is CCC1=C(C)C(C)(O)NC1=O. The van der Waals surface area contributed by atoms with Gasteiger partial charge in [0.25, 0.3) is 0 Å². The van der Waals surface area contributed by atoms with Gasteiger partial charge in [-0.1, -0.05) is 6.92 Å². The molecule has 3 nitrogen and oxygen atoms in total. The van der Waals surface area contributed by atoms with Crippen LogP contribution in [0, 0.1) is 0 Å². The summed E-state index contributed by atoms with van der Waals surface area (Å²) >= 11 is 0. The molecule has 1 aliphatic rings. The Morgan fingerprint density at radius 3 is 2.36 bits per heavy atom. The van der Waals surface area contributed by atoms with Crippen LogP contribution in [0.3, 0.4) is 0 Å². The molecule has 0 bridgehead atoms. The summed E-state index contributed by atoms with van der Waals surface area (Å²) in [6.45, 7) is 5.26. The van der Waals surface area contributed by atoms with Gasteiger partial charge in [0.1, 0.15) is 0 Å². The molecular weight excluding hydrogens is 142 g/mol. The fraction of sp³-hybridized carbons (Fsp3) is 0.625. The van der Waals surface area contributed by atoms with Crippen LogP contribution in [0.25, 0.3) is 0 Å². The molecule has 62 valence electrons. The molecule has 0 saturated heterocycles. The molecule has 1 unspecified atom stereocenters. The van der Waals surface area contributed by atoms with E-state index < -0.39 is 5.72 Å². The minimum Gasteiger partial charge on any atom is -0.367 e. The van der Waals surface area contributed by atoms with Crippen LogP contribution in [0.4, 0.5) is 0 Å². The number of hydrogen-bond acceptors (Lipinski definition) is 2. The minimum absolute atomic E-state index is 0.144. The highest BCUT2D eigenvalue weighted by Gasteiger charge is 2.35. The van der Waals surface area contributed by atoms with Crippen molar-refractivity contribution in [2.75, 3.05) is 0 Å². The highest BCUT2D eigenvalue weighted by Crippen LogP contribution is 2.25. The zero-order valence-electron chi connectivity index (χ0n) is 7.06. The summed E-state index contributed by atoms with van der Waals surface area (Å²) in [5, 5.41) is 12.0. The molecule has 0 radical (unpaired) electrons. The molecule has 0 fully saturated rings. The summed E-state index contributed by atoms with van der Waals surface area (Å²) in [6, 6.07) is 0. The lowest BCUT2D eigenvalue weighted by Gasteiger charge is -2.17. The van der Waals surface area contributed by atoms with Crippen molar-refractivity contribution in [3.05, 3.63) is 11.1 Å². The van der Waals surface area contributed by atoms with Gasteiger partial charge < -0.3 is 10.4 Å². The van der Waals surface area contributed by atoms with Gasteiger partial charge in [0, 0.05) is 5.57 Å². The Morgan fingerprint density at radius 2 is 2.18 bits per heavy atom. The lowest BCUT2D eigenvalue weighted by atomic mass is 10.0. The van der Waals surface area contributed by atoms with Gasteiger partial charge in [-0.05, 0) is 25.8 Å². The average Bonchev–Trinajstić information content (AvgIpc) is 2.04. The van der Waals surface area contributed by atoms with Gasteiger partial charge in [-0.2, -0.15) is 0 Å². The van der Waals surface area contributed by atoms with Crippen LogP contribution in [-0.2, 0) is 4.79 Å². The largest absolute Gasteiger partial charge is 0.367 e. The Morgan fingerprint density at radius 1 is 1.64 bits per heavy atom. The van der Waals surface area contributed by atoms with Crippen molar-refractivity contribution < 1.29 is 9.90 Å². The van der Waals surface area contributed by atoms with Gasteiger partial charge in [-0.15, -0.1) is 0 Å². The molecule has 0 aromatic rings. The summed E-state index contributed by atoms with van der Waals surface area (Å²) in [6.07, 6.45) is 0.674. The number of aliphatic hydroxyl groups is 1. The van der Waals surface area contributed by atoms with Crippen LogP contribution in [0.5, 0.6) is 0 Å². The van der Waals surface area contributed by atoms with Crippen molar-refractivity contribution in [2.45, 2.75) is 32.9 Å². The van der Waals surface area contributed by atoms with E-state index in [0.29, 0.717) is 12.0 Å². The Hall–Kier alpha value is -0.830. The molecule has 1 rings (SSSR count). The Balaban J connectivity index is 3.05. The molecule has 0 aliphatic carbocycles. The molecule has 0 aromatic carbocycles. The second kappa shape index (κ2) is 2.34. The van der Waals surface area contributed by atoms with E-state index >= 15 is 0 Å². The van der Waals surface area contributed by atoms with Crippen molar-refractivity contribution >= 4 is 5.91 Å². The first kappa shape index (κ1) is 8.27. The molecule has 3 heteroatoms. The minimum atomic E-state index is -1.12. The van der Waals surface area contributed by atoms with Crippen LogP contribution in [0.1, 0.15) is 27.2 Å². The van der Waals surface area contributed by atoms with Gasteiger partial charge in [-0.3, -0.25) is 4.79 Å². The zero-order valence-corrected chi connectivity index (χ0v) is 7.06. The lowest BCUT2D eigenvalue weighted by Crippen LogP contribution is -2.40. The summed E-state index contributed by atoms with van der Waals surface area (Å²) in [7, 11) is 0. The number of carbonyl (C=O) groups is 1. The monoisotopic (exact) mass is 155 g/mol. The van der Waals surface area contributed by atoms with E-state index in [0.717, 1.165) is 5.57 Å². The standard InChI is InChI=1S/C8H13NO2/c1-4-6-5(2)8(3,11)9-7(6)10/h11H,4H2,1-3H3,(H,9,10). The number of amides is 1. The van der Waals surface area contributed by atoms with E-state index in [1.54, 1.807) is 13.8 Å². The first-order valence-electron chi connectivity index (χ1n) is 3.74. The maximum atomic E-state index is 11.1. The maximum Gasteiger partial charge on any atom is 0.249 e. The molecule has 11 heavy (non-hydrogen) atoms. The number of rotatable bonds is 1. The highest BCUT2D eigenvalue weighted by atomic mass is 16.3. The normalized spacial score (nSPS) is 31.1. The molecule has 0 aromatic heterocycles. The van der Waals surface area contributed by atoms with Crippen molar-refractivity contribution in [3.8, 4) is 0 Å². The first-order valence-corrected chi connectivity index (χ1v) is 3.74. The van der Waals surface area contributed by atoms with Gasteiger partial charge in [0.05, 0.1) is 0 Å². The second-order valence-corrected chi connectivity index (χ2v) is 2.98. The third-order valence-corrected chi connectivity index (χ3v) is 2.17. The Bertz CT molecular complexity index is 228. The summed E-state index contributed by atoms with van der Waals surface area (Å²) in [5.41, 5.74) is 0.322. The van der Waals surface area contributed by atoms with E-state index in [1.807, 2.05) is 6.92 Å². The van der Waals surface area contributed by atoms with Gasteiger partial charge >= 0.3 is 0 Å². The van der Waals surface area contributed by atoms with Crippen LogP contribution in [0.2, 0.25) is 0 Å². The van der Waals surface area contributed by atoms with Crippen LogP contribution < -0.4 is 5.32 Å².